The van der Waals surface area contributed by atoms with Gasteiger partial charge in [0.25, 0.3) is 0 Å². The lowest BCUT2D eigenvalue weighted by Crippen LogP contribution is -2.05. The molecule has 0 spiro atoms. The molecule has 0 aliphatic rings. The lowest BCUT2D eigenvalue weighted by Gasteiger charge is -2.13. The molecule has 0 amide bonds. The second-order valence-electron chi connectivity index (χ2n) is 3.98. The highest BCUT2D eigenvalue weighted by molar-refractivity contribution is 9.10. The third-order valence-electron chi connectivity index (χ3n) is 2.61. The van der Waals surface area contributed by atoms with Gasteiger partial charge >= 0.3 is 0 Å². The van der Waals surface area contributed by atoms with Crippen LogP contribution in [0.1, 0.15) is 12.5 Å². The summed E-state index contributed by atoms with van der Waals surface area (Å²) in [5, 5.41) is 7.07. The number of hydrogen-bond acceptors (Lipinski definition) is 4. The molecule has 0 unspecified atom stereocenters. The van der Waals surface area contributed by atoms with Crippen molar-refractivity contribution in [1.29, 1.82) is 0 Å². The second kappa shape index (κ2) is 6.21. The normalized spacial score (nSPS) is 10.3. The van der Waals surface area contributed by atoms with Gasteiger partial charge in [0.1, 0.15) is 18.0 Å². The van der Waals surface area contributed by atoms with Crippen LogP contribution < -0.4 is 10.6 Å². The van der Waals surface area contributed by atoms with Gasteiger partial charge in [-0.05, 0) is 32.0 Å². The Morgan fingerprint density at radius 3 is 2.74 bits per heavy atom. The Bertz CT molecular complexity index is 589. The van der Waals surface area contributed by atoms with Crippen molar-refractivity contribution in [2.45, 2.75) is 13.8 Å². The molecule has 0 saturated carbocycles. The number of aromatic nitrogens is 2. The minimum Gasteiger partial charge on any atom is -0.370 e. The minimum atomic E-state index is 0.645. The van der Waals surface area contributed by atoms with Gasteiger partial charge in [-0.1, -0.05) is 27.5 Å². The fourth-order valence-electron chi connectivity index (χ4n) is 1.64. The largest absolute Gasteiger partial charge is 0.370 e. The van der Waals surface area contributed by atoms with Crippen molar-refractivity contribution < 1.29 is 0 Å². The molecule has 2 aromatic rings. The predicted octanol–water partition coefficient (Wildman–Crippen LogP) is 4.38. The highest BCUT2D eigenvalue weighted by atomic mass is 79.9. The molecule has 0 fully saturated rings. The molecule has 0 aliphatic carbocycles. The van der Waals surface area contributed by atoms with Crippen LogP contribution in [-0.4, -0.2) is 16.5 Å². The third-order valence-corrected chi connectivity index (χ3v) is 3.43. The van der Waals surface area contributed by atoms with Crippen LogP contribution in [0, 0.1) is 6.92 Å². The zero-order valence-electron chi connectivity index (χ0n) is 10.7. The lowest BCUT2D eigenvalue weighted by molar-refractivity contribution is 1.08. The van der Waals surface area contributed by atoms with Gasteiger partial charge in [0.15, 0.2) is 0 Å². The monoisotopic (exact) mass is 340 g/mol. The molecule has 0 bridgehead atoms. The van der Waals surface area contributed by atoms with Crippen molar-refractivity contribution >= 4 is 44.9 Å². The molecule has 0 atom stereocenters. The number of nitrogens with zero attached hydrogens (tertiary/aromatic N) is 2. The highest BCUT2D eigenvalue weighted by Gasteiger charge is 2.08. The molecule has 1 aromatic carbocycles. The number of rotatable bonds is 4. The van der Waals surface area contributed by atoms with Crippen molar-refractivity contribution in [2.24, 2.45) is 0 Å². The van der Waals surface area contributed by atoms with Crippen LogP contribution in [-0.2, 0) is 0 Å². The van der Waals surface area contributed by atoms with Crippen molar-refractivity contribution in [3.63, 3.8) is 0 Å². The van der Waals surface area contributed by atoms with Crippen molar-refractivity contribution in [2.75, 3.05) is 17.2 Å². The SMILES string of the molecule is CCNc1ncnc(Nc2cc(Br)ccc2Cl)c1C. The van der Waals surface area contributed by atoms with Crippen LogP contribution >= 0.6 is 27.5 Å². The minimum absolute atomic E-state index is 0.645. The highest BCUT2D eigenvalue weighted by Crippen LogP contribution is 2.30. The van der Waals surface area contributed by atoms with E-state index in [4.69, 9.17) is 11.6 Å². The number of hydrogen-bond donors (Lipinski definition) is 2. The van der Waals surface area contributed by atoms with E-state index in [-0.39, 0.29) is 0 Å². The summed E-state index contributed by atoms with van der Waals surface area (Å²) in [7, 11) is 0. The lowest BCUT2D eigenvalue weighted by atomic mass is 10.2. The first-order valence-electron chi connectivity index (χ1n) is 5.89. The maximum Gasteiger partial charge on any atom is 0.138 e. The van der Waals surface area contributed by atoms with Gasteiger partial charge in [0.2, 0.25) is 0 Å². The van der Waals surface area contributed by atoms with E-state index in [1.165, 1.54) is 6.33 Å². The van der Waals surface area contributed by atoms with E-state index < -0.39 is 0 Å². The van der Waals surface area contributed by atoms with E-state index >= 15 is 0 Å². The summed E-state index contributed by atoms with van der Waals surface area (Å²) in [5.41, 5.74) is 1.76. The molecule has 4 nitrogen and oxygen atoms in total. The van der Waals surface area contributed by atoms with Crippen molar-refractivity contribution in [3.8, 4) is 0 Å². The third kappa shape index (κ3) is 3.36. The van der Waals surface area contributed by atoms with E-state index in [2.05, 4.69) is 36.5 Å². The van der Waals surface area contributed by atoms with Crippen LogP contribution in [0.25, 0.3) is 0 Å². The number of nitrogens with one attached hydrogen (secondary N) is 2. The first-order chi connectivity index (χ1) is 9.11. The predicted molar refractivity (Wildman–Crippen MR) is 83.4 cm³/mol. The Hall–Kier alpha value is -1.33. The van der Waals surface area contributed by atoms with Crippen LogP contribution in [0.15, 0.2) is 29.0 Å². The second-order valence-corrected chi connectivity index (χ2v) is 5.30. The fraction of sp³-hybridized carbons (Fsp3) is 0.231. The van der Waals surface area contributed by atoms with Crippen LogP contribution in [0.4, 0.5) is 17.3 Å². The molecule has 100 valence electrons. The van der Waals surface area contributed by atoms with Gasteiger partial charge in [-0.2, -0.15) is 0 Å². The number of benzene rings is 1. The van der Waals surface area contributed by atoms with E-state index in [9.17, 15) is 0 Å². The van der Waals surface area contributed by atoms with Crippen molar-refractivity contribution in [1.82, 2.24) is 9.97 Å². The van der Waals surface area contributed by atoms with E-state index in [1.54, 1.807) is 0 Å². The van der Waals surface area contributed by atoms with Crippen LogP contribution in [0.3, 0.4) is 0 Å². The molecule has 0 aliphatic heterocycles. The van der Waals surface area contributed by atoms with Gasteiger partial charge in [-0.3, -0.25) is 0 Å². The van der Waals surface area contributed by atoms with Gasteiger partial charge in [-0.15, -0.1) is 0 Å². The smallest absolute Gasteiger partial charge is 0.138 e. The van der Waals surface area contributed by atoms with E-state index in [0.717, 1.165) is 33.9 Å². The summed E-state index contributed by atoms with van der Waals surface area (Å²) in [6, 6.07) is 5.64. The fourth-order valence-corrected chi connectivity index (χ4v) is 2.17. The first-order valence-corrected chi connectivity index (χ1v) is 7.06. The molecule has 2 N–H and O–H groups in total. The summed E-state index contributed by atoms with van der Waals surface area (Å²) in [4.78, 5) is 8.46. The zero-order chi connectivity index (χ0) is 13.8. The molecular formula is C13H14BrClN4. The van der Waals surface area contributed by atoms with Crippen molar-refractivity contribution in [3.05, 3.63) is 39.6 Å². The Morgan fingerprint density at radius 1 is 1.26 bits per heavy atom. The molecular weight excluding hydrogens is 328 g/mol. The topological polar surface area (TPSA) is 49.8 Å². The average molecular weight is 342 g/mol. The number of anilines is 3. The quantitative estimate of drug-likeness (QED) is 0.866. The molecule has 1 aromatic heterocycles. The van der Waals surface area contributed by atoms with Gasteiger partial charge in [0.05, 0.1) is 10.7 Å². The Labute approximate surface area is 125 Å². The summed E-state index contributed by atoms with van der Waals surface area (Å²) >= 11 is 9.58. The summed E-state index contributed by atoms with van der Waals surface area (Å²) in [6.45, 7) is 4.81. The molecule has 0 saturated heterocycles. The summed E-state index contributed by atoms with van der Waals surface area (Å²) in [5.74, 6) is 1.57. The van der Waals surface area contributed by atoms with Gasteiger partial charge in [0, 0.05) is 16.6 Å². The van der Waals surface area contributed by atoms with Gasteiger partial charge < -0.3 is 10.6 Å². The van der Waals surface area contributed by atoms with E-state index in [0.29, 0.717) is 5.02 Å². The molecule has 19 heavy (non-hydrogen) atoms. The standard InChI is InChI=1S/C13H14BrClN4/c1-3-16-12-8(2)13(18-7-17-12)19-11-6-9(14)4-5-10(11)15/h4-7H,3H2,1-2H3,(H2,16,17,18,19). The summed E-state index contributed by atoms with van der Waals surface area (Å²) in [6.07, 6.45) is 1.53. The molecule has 0 radical (unpaired) electrons. The van der Waals surface area contributed by atoms with E-state index in [1.807, 2.05) is 32.0 Å². The molecule has 2 rings (SSSR count). The Balaban J connectivity index is 2.33. The number of halogens is 2. The van der Waals surface area contributed by atoms with Gasteiger partial charge in [-0.25, -0.2) is 9.97 Å². The molecule has 6 heteroatoms. The maximum absolute atomic E-state index is 6.16. The van der Waals surface area contributed by atoms with Crippen LogP contribution in [0.2, 0.25) is 5.02 Å². The maximum atomic E-state index is 6.16. The summed E-state index contributed by atoms with van der Waals surface area (Å²) < 4.78 is 0.956. The average Bonchev–Trinajstić information content (AvgIpc) is 2.39. The zero-order valence-corrected chi connectivity index (χ0v) is 13.0. The Morgan fingerprint density at radius 2 is 2.00 bits per heavy atom. The molecule has 1 heterocycles. The first kappa shape index (κ1) is 14.1. The Kier molecular flexibility index (Phi) is 4.61. The van der Waals surface area contributed by atoms with Crippen LogP contribution in [0.5, 0.6) is 0 Å².